The maximum Gasteiger partial charge on any atom is 0.254 e. The van der Waals surface area contributed by atoms with Gasteiger partial charge in [-0.05, 0) is 47.5 Å². The van der Waals surface area contributed by atoms with E-state index in [0.717, 1.165) is 32.6 Å². The lowest BCUT2D eigenvalue weighted by molar-refractivity contribution is 0.0579. The van der Waals surface area contributed by atoms with Gasteiger partial charge in [0.2, 0.25) is 0 Å². The third-order valence-electron chi connectivity index (χ3n) is 4.01. The Hall–Kier alpha value is -1.07. The number of piperazine rings is 1. The normalized spacial score (nSPS) is 18.1. The molecular weight excluding hydrogens is 320 g/mol. The number of carbonyl (C=O) groups is 1. The van der Waals surface area contributed by atoms with Crippen molar-refractivity contribution in [1.82, 2.24) is 9.80 Å². The number of amides is 1. The number of phenolic OH excluding ortho intramolecular Hbond substituents is 1. The van der Waals surface area contributed by atoms with Gasteiger partial charge in [0.05, 0.1) is 4.47 Å². The summed E-state index contributed by atoms with van der Waals surface area (Å²) in [6.45, 7) is 7.75. The molecule has 4 nitrogen and oxygen atoms in total. The molecule has 1 amide bonds. The van der Waals surface area contributed by atoms with Gasteiger partial charge in [-0.15, -0.1) is 0 Å². The first-order chi connectivity index (χ1) is 9.52. The monoisotopic (exact) mass is 340 g/mol. The Balaban J connectivity index is 1.99. The SMILES string of the molecule is CCC(C)N1CCN(C(=O)c2ccc(Br)c(O)c2)CC1. The lowest BCUT2D eigenvalue weighted by Crippen LogP contribution is -2.51. The minimum atomic E-state index is -0.00315. The first kappa shape index (κ1) is 15.3. The first-order valence-corrected chi connectivity index (χ1v) is 7.84. The van der Waals surface area contributed by atoms with Crippen molar-refractivity contribution in [1.29, 1.82) is 0 Å². The standard InChI is InChI=1S/C15H21BrN2O2/c1-3-11(2)17-6-8-18(9-7-17)15(20)12-4-5-13(16)14(19)10-12/h4-5,10-11,19H,3,6-9H2,1-2H3. The van der Waals surface area contributed by atoms with E-state index in [9.17, 15) is 9.90 Å². The molecule has 1 aromatic carbocycles. The maximum atomic E-state index is 12.4. The maximum absolute atomic E-state index is 12.4. The molecule has 1 saturated heterocycles. The number of phenols is 1. The van der Waals surface area contributed by atoms with Gasteiger partial charge in [0.15, 0.2) is 0 Å². The Morgan fingerprint density at radius 1 is 1.35 bits per heavy atom. The number of benzene rings is 1. The molecule has 0 aromatic heterocycles. The number of nitrogens with zero attached hydrogens (tertiary/aromatic N) is 2. The largest absolute Gasteiger partial charge is 0.507 e. The molecule has 0 bridgehead atoms. The van der Waals surface area contributed by atoms with E-state index in [1.165, 1.54) is 6.07 Å². The van der Waals surface area contributed by atoms with Gasteiger partial charge in [-0.3, -0.25) is 9.69 Å². The molecule has 0 spiro atoms. The zero-order valence-electron chi connectivity index (χ0n) is 12.0. The van der Waals surface area contributed by atoms with Crippen molar-refractivity contribution in [2.75, 3.05) is 26.2 Å². The Morgan fingerprint density at radius 2 is 2.00 bits per heavy atom. The van der Waals surface area contributed by atoms with Gasteiger partial charge in [0.25, 0.3) is 5.91 Å². The van der Waals surface area contributed by atoms with E-state index < -0.39 is 0 Å². The van der Waals surface area contributed by atoms with Crippen LogP contribution >= 0.6 is 15.9 Å². The van der Waals surface area contributed by atoms with Crippen LogP contribution in [0.25, 0.3) is 0 Å². The van der Waals surface area contributed by atoms with Crippen molar-refractivity contribution in [3.8, 4) is 5.75 Å². The van der Waals surface area contributed by atoms with Crippen LogP contribution in [-0.2, 0) is 0 Å². The van der Waals surface area contributed by atoms with Crippen LogP contribution in [0.4, 0.5) is 0 Å². The predicted octanol–water partition coefficient (Wildman–Crippen LogP) is 2.71. The Morgan fingerprint density at radius 3 is 2.55 bits per heavy atom. The molecule has 1 unspecified atom stereocenters. The highest BCUT2D eigenvalue weighted by molar-refractivity contribution is 9.10. The summed E-state index contributed by atoms with van der Waals surface area (Å²) in [5.74, 6) is 0.102. The van der Waals surface area contributed by atoms with E-state index in [2.05, 4.69) is 34.7 Å². The van der Waals surface area contributed by atoms with Crippen LogP contribution < -0.4 is 0 Å². The zero-order chi connectivity index (χ0) is 14.7. The summed E-state index contributed by atoms with van der Waals surface area (Å²) in [6, 6.07) is 5.54. The quantitative estimate of drug-likeness (QED) is 0.919. The van der Waals surface area contributed by atoms with Crippen LogP contribution in [0.15, 0.2) is 22.7 Å². The highest BCUT2D eigenvalue weighted by Gasteiger charge is 2.24. The average molecular weight is 341 g/mol. The average Bonchev–Trinajstić information content (AvgIpc) is 2.48. The number of halogens is 1. The van der Waals surface area contributed by atoms with Crippen molar-refractivity contribution in [3.05, 3.63) is 28.2 Å². The van der Waals surface area contributed by atoms with Gasteiger partial charge >= 0.3 is 0 Å². The molecule has 0 aliphatic carbocycles. The highest BCUT2D eigenvalue weighted by Crippen LogP contribution is 2.25. The van der Waals surface area contributed by atoms with Crippen LogP contribution in [0.2, 0.25) is 0 Å². The predicted molar refractivity (Wildman–Crippen MR) is 83.0 cm³/mol. The fourth-order valence-corrected chi connectivity index (χ4v) is 2.70. The summed E-state index contributed by atoms with van der Waals surface area (Å²) in [5, 5.41) is 9.67. The fraction of sp³-hybridized carbons (Fsp3) is 0.533. The summed E-state index contributed by atoms with van der Waals surface area (Å²) < 4.78 is 0.607. The Labute approximate surface area is 128 Å². The summed E-state index contributed by atoms with van der Waals surface area (Å²) >= 11 is 3.22. The highest BCUT2D eigenvalue weighted by atomic mass is 79.9. The molecule has 1 N–H and O–H groups in total. The van der Waals surface area contributed by atoms with Crippen molar-refractivity contribution < 1.29 is 9.90 Å². The molecule has 1 atom stereocenters. The summed E-state index contributed by atoms with van der Waals surface area (Å²) in [4.78, 5) is 16.7. The lowest BCUT2D eigenvalue weighted by atomic mass is 10.1. The molecule has 20 heavy (non-hydrogen) atoms. The van der Waals surface area contributed by atoms with Gasteiger partial charge in [-0.1, -0.05) is 6.92 Å². The van der Waals surface area contributed by atoms with Gasteiger partial charge in [-0.25, -0.2) is 0 Å². The Bertz CT molecular complexity index is 485. The zero-order valence-corrected chi connectivity index (χ0v) is 13.6. The molecule has 1 aliphatic rings. The van der Waals surface area contributed by atoms with E-state index in [1.807, 2.05) is 4.90 Å². The molecule has 1 heterocycles. The second-order valence-electron chi connectivity index (χ2n) is 5.25. The number of hydrogen-bond acceptors (Lipinski definition) is 3. The molecule has 0 radical (unpaired) electrons. The van der Waals surface area contributed by atoms with Crippen LogP contribution in [0, 0.1) is 0 Å². The smallest absolute Gasteiger partial charge is 0.254 e. The summed E-state index contributed by atoms with van der Waals surface area (Å²) in [5.41, 5.74) is 0.544. The molecule has 2 rings (SSSR count). The molecule has 1 aliphatic heterocycles. The molecular formula is C15H21BrN2O2. The molecule has 1 aromatic rings. The van der Waals surface area contributed by atoms with Crippen molar-refractivity contribution in [2.45, 2.75) is 26.3 Å². The van der Waals surface area contributed by atoms with Gasteiger partial charge in [-0.2, -0.15) is 0 Å². The van der Waals surface area contributed by atoms with E-state index in [4.69, 9.17) is 0 Å². The Kier molecular flexibility index (Phi) is 5.05. The van der Waals surface area contributed by atoms with Crippen LogP contribution in [0.1, 0.15) is 30.6 Å². The molecule has 1 fully saturated rings. The number of hydrogen-bond donors (Lipinski definition) is 1. The lowest BCUT2D eigenvalue weighted by Gasteiger charge is -2.37. The molecule has 5 heteroatoms. The van der Waals surface area contributed by atoms with Gasteiger partial charge in [0.1, 0.15) is 5.75 Å². The molecule has 110 valence electrons. The van der Waals surface area contributed by atoms with Crippen LogP contribution in [0.3, 0.4) is 0 Å². The third kappa shape index (κ3) is 3.33. The van der Waals surface area contributed by atoms with E-state index in [0.29, 0.717) is 16.1 Å². The number of rotatable bonds is 3. The summed E-state index contributed by atoms with van der Waals surface area (Å²) in [6.07, 6.45) is 1.13. The number of carbonyl (C=O) groups excluding carboxylic acids is 1. The second kappa shape index (κ2) is 6.59. The number of aromatic hydroxyl groups is 1. The van der Waals surface area contributed by atoms with E-state index in [-0.39, 0.29) is 11.7 Å². The second-order valence-corrected chi connectivity index (χ2v) is 6.11. The first-order valence-electron chi connectivity index (χ1n) is 7.04. The van der Waals surface area contributed by atoms with Crippen molar-refractivity contribution in [3.63, 3.8) is 0 Å². The van der Waals surface area contributed by atoms with E-state index >= 15 is 0 Å². The van der Waals surface area contributed by atoms with Crippen molar-refractivity contribution >= 4 is 21.8 Å². The van der Waals surface area contributed by atoms with Crippen LogP contribution in [-0.4, -0.2) is 53.0 Å². The molecule has 0 saturated carbocycles. The minimum absolute atomic E-state index is 0.00315. The summed E-state index contributed by atoms with van der Waals surface area (Å²) in [7, 11) is 0. The fourth-order valence-electron chi connectivity index (χ4n) is 2.45. The van der Waals surface area contributed by atoms with Gasteiger partial charge < -0.3 is 10.0 Å². The minimum Gasteiger partial charge on any atom is -0.507 e. The van der Waals surface area contributed by atoms with Gasteiger partial charge in [0, 0.05) is 37.8 Å². The van der Waals surface area contributed by atoms with Crippen molar-refractivity contribution in [2.24, 2.45) is 0 Å². The van der Waals surface area contributed by atoms with E-state index in [1.54, 1.807) is 12.1 Å². The third-order valence-corrected chi connectivity index (χ3v) is 4.68. The van der Waals surface area contributed by atoms with Crippen LogP contribution in [0.5, 0.6) is 5.75 Å². The topological polar surface area (TPSA) is 43.8 Å².